The highest BCUT2D eigenvalue weighted by molar-refractivity contribution is 6.34. The molecule has 0 spiro atoms. The Morgan fingerprint density at radius 2 is 0.510 bits per heavy atom. The third kappa shape index (κ3) is 8.51. The van der Waals surface area contributed by atoms with Crippen molar-refractivity contribution in [3.63, 3.8) is 0 Å². The fraction of sp³-hybridized carbons (Fsp3) is 0.0638. The lowest BCUT2D eigenvalue weighted by Crippen LogP contribution is -2.17. The number of benzene rings is 17. The van der Waals surface area contributed by atoms with Crippen LogP contribution >= 0.6 is 0 Å². The van der Waals surface area contributed by atoms with E-state index in [2.05, 4.69) is 365 Å². The molecule has 0 aliphatic heterocycles. The maximum Gasteiger partial charge on any atom is 0.0540 e. The van der Waals surface area contributed by atoms with E-state index in [9.17, 15) is 0 Å². The lowest BCUT2D eigenvalue weighted by atomic mass is 9.81. The van der Waals surface area contributed by atoms with Gasteiger partial charge in [0.1, 0.15) is 0 Å². The Morgan fingerprint density at radius 1 is 0.229 bits per heavy atom. The van der Waals surface area contributed by atoms with Crippen molar-refractivity contribution < 1.29 is 0 Å². The zero-order chi connectivity index (χ0) is 64.0. The largest absolute Gasteiger partial charge is 0.309 e. The highest BCUT2D eigenvalue weighted by Gasteiger charge is 2.38. The topological polar surface area (TPSA) is 6.48 Å². The van der Waals surface area contributed by atoms with Gasteiger partial charge in [-0.25, -0.2) is 0 Å². The highest BCUT2D eigenvalue weighted by Crippen LogP contribution is 2.55. The Hall–Kier alpha value is -11.8. The van der Waals surface area contributed by atoms with Crippen molar-refractivity contribution in [1.82, 2.24) is 0 Å². The second kappa shape index (κ2) is 21.3. The normalized spacial score (nSPS) is 13.7. The smallest absolute Gasteiger partial charge is 0.0540 e. The van der Waals surface area contributed by atoms with Crippen molar-refractivity contribution in [2.24, 2.45) is 0 Å². The van der Waals surface area contributed by atoms with Crippen LogP contribution in [0.3, 0.4) is 0 Å². The quantitative estimate of drug-likeness (QED) is 0.0765. The van der Waals surface area contributed by atoms with Gasteiger partial charge in [-0.2, -0.15) is 0 Å². The molecule has 2 aliphatic carbocycles. The molecule has 0 aromatic heterocycles. The van der Waals surface area contributed by atoms with Crippen molar-refractivity contribution in [3.8, 4) is 22.3 Å². The molecule has 0 fully saturated rings. The maximum absolute atomic E-state index is 2.48. The summed E-state index contributed by atoms with van der Waals surface area (Å²) >= 11 is 0. The first-order valence-corrected chi connectivity index (χ1v) is 33.7. The van der Waals surface area contributed by atoms with Gasteiger partial charge in [-0.15, -0.1) is 0 Å². The number of anilines is 6. The van der Waals surface area contributed by atoms with Gasteiger partial charge < -0.3 is 9.80 Å². The van der Waals surface area contributed by atoms with Gasteiger partial charge in [0.15, 0.2) is 0 Å². The van der Waals surface area contributed by atoms with Crippen LogP contribution < -0.4 is 9.80 Å². The molecule has 17 aromatic carbocycles. The van der Waals surface area contributed by atoms with Gasteiger partial charge in [0, 0.05) is 43.7 Å². The first kappa shape index (κ1) is 55.8. The van der Waals surface area contributed by atoms with E-state index in [-0.39, 0.29) is 10.8 Å². The molecule has 0 amide bonds. The Kier molecular flexibility index (Phi) is 12.4. The van der Waals surface area contributed by atoms with E-state index in [1.807, 2.05) is 0 Å². The molecular weight excluding hydrogens is 1160 g/mol. The average molecular weight is 1220 g/mol. The van der Waals surface area contributed by atoms with E-state index in [4.69, 9.17) is 0 Å². The van der Waals surface area contributed by atoms with Crippen molar-refractivity contribution in [2.75, 3.05) is 9.80 Å². The number of hydrogen-bond acceptors (Lipinski definition) is 2. The molecule has 17 aromatic rings. The molecule has 0 radical (unpaired) electrons. The number of nitrogens with zero attached hydrogens (tertiary/aromatic N) is 2. The standard InChI is InChI=1S/C94H66N2/c1-93(2)83-55-59(41-49-75(83)77-53-47-67(57-85(77)93)95(87-35-13-23-61-19-5-9-27-69(61)87)88-36-14-24-62-20-6-10-28-70(62)88)39-43-65-45-51-81-80-34-18-32-74-66(46-52-82(92(74)80)79-33-17-31-73(65)91(79)81)44-40-60-42-50-76-78-54-48-68(58-86(78)94(3,4)84(76)56-60)96(89-37-15-25-63-21-7-11-29-71(63)89)90-38-16-26-64-22-8-12-30-72(64)90/h5-58H,1-4H3/b43-39+,44-40+. The maximum atomic E-state index is 2.48. The molecule has 2 heteroatoms. The first-order valence-electron chi connectivity index (χ1n) is 33.7. The van der Waals surface area contributed by atoms with Gasteiger partial charge >= 0.3 is 0 Å². The van der Waals surface area contributed by atoms with E-state index < -0.39 is 0 Å². The summed E-state index contributed by atoms with van der Waals surface area (Å²) in [6.45, 7) is 9.60. The summed E-state index contributed by atoms with van der Waals surface area (Å²) < 4.78 is 0. The minimum atomic E-state index is -0.236. The summed E-state index contributed by atoms with van der Waals surface area (Å²) in [5.41, 5.74) is 21.9. The molecule has 0 atom stereocenters. The molecule has 0 saturated heterocycles. The molecule has 19 rings (SSSR count). The SMILES string of the molecule is CC1(C)c2cc(/C=C/c3ccc4c5cccc6c(/C=C/c7ccc8c(c7)C(C)(C)c7cc(N(c9cccc%10ccccc9%10)c9cccc%10ccccc9%10)ccc7-8)ccc(c7cccc3c74)c65)ccc2-c2ccc(N(c3cccc4ccccc34)c3cccc4ccccc34)cc21. The number of rotatable bonds is 10. The molecule has 2 aliphatic rings. The third-order valence-electron chi connectivity index (χ3n) is 21.6. The zero-order valence-electron chi connectivity index (χ0n) is 54.1. The van der Waals surface area contributed by atoms with Crippen molar-refractivity contribution >= 4 is 145 Å². The summed E-state index contributed by atoms with van der Waals surface area (Å²) in [5.74, 6) is 0. The van der Waals surface area contributed by atoms with Gasteiger partial charge in [-0.1, -0.05) is 307 Å². The molecule has 0 N–H and O–H groups in total. The van der Waals surface area contributed by atoms with Crippen LogP contribution in [0.25, 0.3) is 133 Å². The molecule has 2 nitrogen and oxygen atoms in total. The summed E-state index contributed by atoms with van der Waals surface area (Å²) in [4.78, 5) is 4.96. The molecule has 0 saturated carbocycles. The van der Waals surface area contributed by atoms with Crippen LogP contribution in [0.1, 0.15) is 72.2 Å². The Bertz CT molecular complexity index is 5600. The van der Waals surface area contributed by atoms with Crippen LogP contribution in [-0.4, -0.2) is 0 Å². The van der Waals surface area contributed by atoms with Crippen LogP contribution in [0.5, 0.6) is 0 Å². The van der Waals surface area contributed by atoms with Gasteiger partial charge in [0.2, 0.25) is 0 Å². The van der Waals surface area contributed by atoms with E-state index in [1.165, 1.54) is 176 Å². The summed E-state index contributed by atoms with van der Waals surface area (Å²) in [5, 5.41) is 20.1. The van der Waals surface area contributed by atoms with Gasteiger partial charge in [-0.05, 0) is 180 Å². The summed E-state index contributed by atoms with van der Waals surface area (Å²) in [6, 6.07) is 113. The predicted molar refractivity (Wildman–Crippen MR) is 413 cm³/mol. The summed E-state index contributed by atoms with van der Waals surface area (Å²) in [7, 11) is 0. The minimum absolute atomic E-state index is 0.236. The van der Waals surface area contributed by atoms with Crippen molar-refractivity contribution in [1.29, 1.82) is 0 Å². The number of fused-ring (bicyclic) bond motifs is 12. The number of hydrogen-bond donors (Lipinski definition) is 0. The van der Waals surface area contributed by atoms with E-state index in [1.54, 1.807) is 0 Å². The molecular formula is C94H66N2. The van der Waals surface area contributed by atoms with E-state index >= 15 is 0 Å². The van der Waals surface area contributed by atoms with E-state index in [0.717, 1.165) is 11.4 Å². The Balaban J connectivity index is 0.628. The lowest BCUT2D eigenvalue weighted by Gasteiger charge is -2.30. The van der Waals surface area contributed by atoms with Crippen LogP contribution in [0, 0.1) is 0 Å². The monoisotopic (exact) mass is 1220 g/mol. The van der Waals surface area contributed by atoms with Crippen LogP contribution in [0.4, 0.5) is 34.1 Å². The highest BCUT2D eigenvalue weighted by atomic mass is 15.2. The van der Waals surface area contributed by atoms with Gasteiger partial charge in [0.25, 0.3) is 0 Å². The van der Waals surface area contributed by atoms with Crippen LogP contribution in [0.2, 0.25) is 0 Å². The Labute approximate surface area is 559 Å². The van der Waals surface area contributed by atoms with Crippen LogP contribution in [0.15, 0.2) is 303 Å². The predicted octanol–water partition coefficient (Wildman–Crippen LogP) is 26.2. The van der Waals surface area contributed by atoms with E-state index in [0.29, 0.717) is 0 Å². The third-order valence-corrected chi connectivity index (χ3v) is 21.6. The first-order chi connectivity index (χ1) is 47.1. The van der Waals surface area contributed by atoms with Gasteiger partial charge in [0.05, 0.1) is 22.7 Å². The summed E-state index contributed by atoms with van der Waals surface area (Å²) in [6.07, 6.45) is 9.30. The Morgan fingerprint density at radius 3 is 0.875 bits per heavy atom. The fourth-order valence-corrected chi connectivity index (χ4v) is 16.8. The second-order valence-corrected chi connectivity index (χ2v) is 27.5. The van der Waals surface area contributed by atoms with Crippen molar-refractivity contribution in [2.45, 2.75) is 38.5 Å². The molecule has 0 unspecified atom stereocenters. The second-order valence-electron chi connectivity index (χ2n) is 27.5. The molecule has 96 heavy (non-hydrogen) atoms. The van der Waals surface area contributed by atoms with Crippen molar-refractivity contribution in [3.05, 3.63) is 348 Å². The molecule has 0 bridgehead atoms. The van der Waals surface area contributed by atoms with Crippen LogP contribution in [-0.2, 0) is 10.8 Å². The zero-order valence-corrected chi connectivity index (χ0v) is 54.1. The molecule has 0 heterocycles. The average Bonchev–Trinajstić information content (AvgIpc) is 1.57. The fourth-order valence-electron chi connectivity index (χ4n) is 16.8. The van der Waals surface area contributed by atoms with Gasteiger partial charge in [-0.3, -0.25) is 0 Å². The lowest BCUT2D eigenvalue weighted by molar-refractivity contribution is 0.660. The minimum Gasteiger partial charge on any atom is -0.309 e. The molecule has 452 valence electrons.